The van der Waals surface area contributed by atoms with Gasteiger partial charge < -0.3 is 18.9 Å². The number of benzene rings is 3. The normalized spacial score (nSPS) is 10.9. The van der Waals surface area contributed by atoms with E-state index in [0.29, 0.717) is 30.5 Å². The van der Waals surface area contributed by atoms with Crippen LogP contribution in [0.4, 0.5) is 5.13 Å². The Balaban J connectivity index is 1.41. The highest BCUT2D eigenvalue weighted by molar-refractivity contribution is 7.22. The van der Waals surface area contributed by atoms with Crippen molar-refractivity contribution in [1.29, 1.82) is 0 Å². The maximum Gasteiger partial charge on any atom is 0.204 e. The average Bonchev–Trinajstić information content (AvgIpc) is 3.25. The minimum absolute atomic E-state index is 0.341. The van der Waals surface area contributed by atoms with E-state index in [-0.39, 0.29) is 0 Å². The van der Waals surface area contributed by atoms with Crippen molar-refractivity contribution in [3.8, 4) is 23.0 Å². The highest BCUT2D eigenvalue weighted by Crippen LogP contribution is 2.38. The first-order chi connectivity index (χ1) is 15.8. The molecule has 0 saturated carbocycles. The molecule has 32 heavy (non-hydrogen) atoms. The topological polar surface area (TPSA) is 74.2 Å². The molecule has 8 heteroatoms. The molecule has 0 spiro atoms. The summed E-state index contributed by atoms with van der Waals surface area (Å²) in [5, 5.41) is 5.02. The van der Waals surface area contributed by atoms with E-state index in [1.165, 1.54) is 0 Å². The van der Waals surface area contributed by atoms with Gasteiger partial charge in [0.1, 0.15) is 19.0 Å². The van der Waals surface area contributed by atoms with Gasteiger partial charge in [0.25, 0.3) is 0 Å². The summed E-state index contributed by atoms with van der Waals surface area (Å²) in [6.45, 7) is 0.736. The maximum atomic E-state index is 5.89. The molecule has 1 heterocycles. The van der Waals surface area contributed by atoms with Gasteiger partial charge in [-0.1, -0.05) is 41.7 Å². The van der Waals surface area contributed by atoms with Crippen molar-refractivity contribution in [3.63, 3.8) is 0 Å². The minimum Gasteiger partial charge on any atom is -0.493 e. The standard InChI is InChI=1S/C24H23N3O4S/c1-28-20-14-17(16-25-27-24-26-19-10-6-7-11-22(19)32-24)15-21(29-2)23(20)31-13-12-30-18-8-4-3-5-9-18/h3-11,14-16H,12-13H2,1-2H3,(H,26,27). The van der Waals surface area contributed by atoms with Crippen LogP contribution in [0.3, 0.4) is 0 Å². The van der Waals surface area contributed by atoms with Crippen LogP contribution in [0.2, 0.25) is 0 Å². The summed E-state index contributed by atoms with van der Waals surface area (Å²) in [7, 11) is 3.17. The Bertz CT molecular complexity index is 1140. The first kappa shape index (κ1) is 21.5. The van der Waals surface area contributed by atoms with Crippen molar-refractivity contribution in [3.05, 3.63) is 72.3 Å². The maximum absolute atomic E-state index is 5.89. The van der Waals surface area contributed by atoms with Crippen molar-refractivity contribution in [2.45, 2.75) is 0 Å². The number of nitrogens with one attached hydrogen (secondary N) is 1. The number of para-hydroxylation sites is 2. The fourth-order valence-electron chi connectivity index (χ4n) is 3.02. The molecule has 0 aliphatic heterocycles. The van der Waals surface area contributed by atoms with Crippen LogP contribution in [-0.2, 0) is 0 Å². The fraction of sp³-hybridized carbons (Fsp3) is 0.167. The van der Waals surface area contributed by atoms with Gasteiger partial charge in [-0.15, -0.1) is 0 Å². The lowest BCUT2D eigenvalue weighted by Crippen LogP contribution is -2.10. The van der Waals surface area contributed by atoms with E-state index in [4.69, 9.17) is 18.9 Å². The average molecular weight is 450 g/mol. The molecule has 0 unspecified atom stereocenters. The molecule has 0 radical (unpaired) electrons. The van der Waals surface area contributed by atoms with E-state index in [1.807, 2.05) is 66.7 Å². The Hall–Kier alpha value is -3.78. The molecule has 7 nitrogen and oxygen atoms in total. The van der Waals surface area contributed by atoms with Gasteiger partial charge in [0, 0.05) is 5.56 Å². The first-order valence-electron chi connectivity index (χ1n) is 9.98. The third-order valence-electron chi connectivity index (χ3n) is 4.49. The van der Waals surface area contributed by atoms with Crippen LogP contribution in [0.5, 0.6) is 23.0 Å². The molecule has 1 aromatic heterocycles. The largest absolute Gasteiger partial charge is 0.493 e. The number of fused-ring (bicyclic) bond motifs is 1. The number of hydrazone groups is 1. The number of hydrogen-bond acceptors (Lipinski definition) is 8. The molecule has 0 fully saturated rings. The van der Waals surface area contributed by atoms with Crippen LogP contribution in [-0.4, -0.2) is 38.6 Å². The third-order valence-corrected chi connectivity index (χ3v) is 5.43. The monoisotopic (exact) mass is 449 g/mol. The van der Waals surface area contributed by atoms with Crippen LogP contribution in [0, 0.1) is 0 Å². The molecule has 1 N–H and O–H groups in total. The van der Waals surface area contributed by atoms with Gasteiger partial charge in [0.05, 0.1) is 30.7 Å². The molecular weight excluding hydrogens is 426 g/mol. The SMILES string of the molecule is COc1cc(C=NNc2nc3ccccc3s2)cc(OC)c1OCCOc1ccccc1. The van der Waals surface area contributed by atoms with Crippen LogP contribution in [0.25, 0.3) is 10.2 Å². The molecule has 3 aromatic carbocycles. The van der Waals surface area contributed by atoms with Crippen molar-refractivity contribution in [2.75, 3.05) is 32.9 Å². The molecular formula is C24H23N3O4S. The van der Waals surface area contributed by atoms with Gasteiger partial charge in [-0.05, 0) is 36.4 Å². The summed E-state index contributed by atoms with van der Waals surface area (Å²) in [5.41, 5.74) is 4.71. The second-order valence-electron chi connectivity index (χ2n) is 6.62. The number of aromatic nitrogens is 1. The van der Waals surface area contributed by atoms with Crippen LogP contribution < -0.4 is 24.4 Å². The molecule has 0 aliphatic rings. The summed E-state index contributed by atoms with van der Waals surface area (Å²) >= 11 is 1.54. The zero-order valence-corrected chi connectivity index (χ0v) is 18.6. The quantitative estimate of drug-likeness (QED) is 0.203. The molecule has 164 valence electrons. The molecule has 0 saturated heterocycles. The van der Waals surface area contributed by atoms with Gasteiger partial charge >= 0.3 is 0 Å². The summed E-state index contributed by atoms with van der Waals surface area (Å²) in [6, 6.07) is 21.2. The number of thiazole rings is 1. The summed E-state index contributed by atoms with van der Waals surface area (Å²) < 4.78 is 23.7. The number of rotatable bonds is 10. The Morgan fingerprint density at radius 2 is 1.59 bits per heavy atom. The lowest BCUT2D eigenvalue weighted by molar-refractivity contribution is 0.205. The molecule has 4 aromatic rings. The second kappa shape index (κ2) is 10.5. The number of anilines is 1. The van der Waals surface area contributed by atoms with Gasteiger partial charge in [-0.2, -0.15) is 5.10 Å². The molecule has 0 atom stereocenters. The van der Waals surface area contributed by atoms with Gasteiger partial charge in [0.15, 0.2) is 11.5 Å². The number of ether oxygens (including phenoxy) is 4. The predicted molar refractivity (Wildman–Crippen MR) is 128 cm³/mol. The van der Waals surface area contributed by atoms with E-state index in [0.717, 1.165) is 26.7 Å². The number of nitrogens with zero attached hydrogens (tertiary/aromatic N) is 2. The highest BCUT2D eigenvalue weighted by atomic mass is 32.1. The van der Waals surface area contributed by atoms with E-state index < -0.39 is 0 Å². The second-order valence-corrected chi connectivity index (χ2v) is 7.65. The van der Waals surface area contributed by atoms with Crippen molar-refractivity contribution in [2.24, 2.45) is 5.10 Å². The van der Waals surface area contributed by atoms with E-state index in [1.54, 1.807) is 31.8 Å². The summed E-state index contributed by atoms with van der Waals surface area (Å²) in [4.78, 5) is 4.50. The Morgan fingerprint density at radius 1 is 0.906 bits per heavy atom. The first-order valence-corrected chi connectivity index (χ1v) is 10.8. The Labute approximate surface area is 190 Å². The van der Waals surface area contributed by atoms with Gasteiger partial charge in [0.2, 0.25) is 10.9 Å². The minimum atomic E-state index is 0.341. The van der Waals surface area contributed by atoms with Crippen LogP contribution in [0.15, 0.2) is 71.8 Å². The fourth-order valence-corrected chi connectivity index (χ4v) is 3.83. The molecule has 4 rings (SSSR count). The highest BCUT2D eigenvalue weighted by Gasteiger charge is 2.14. The predicted octanol–water partition coefficient (Wildman–Crippen LogP) is 5.22. The van der Waals surface area contributed by atoms with Crippen molar-refractivity contribution in [1.82, 2.24) is 4.98 Å². The Morgan fingerprint density at radius 3 is 2.31 bits per heavy atom. The van der Waals surface area contributed by atoms with E-state index in [2.05, 4.69) is 15.5 Å². The zero-order chi connectivity index (χ0) is 22.2. The number of methoxy groups -OCH3 is 2. The molecule has 0 bridgehead atoms. The summed E-state index contributed by atoms with van der Waals surface area (Å²) in [5.74, 6) is 2.40. The van der Waals surface area contributed by atoms with Gasteiger partial charge in [-0.25, -0.2) is 4.98 Å². The van der Waals surface area contributed by atoms with Crippen molar-refractivity contribution >= 4 is 32.9 Å². The Kier molecular flexibility index (Phi) is 7.04. The van der Waals surface area contributed by atoms with E-state index in [9.17, 15) is 0 Å². The third kappa shape index (κ3) is 5.28. The zero-order valence-electron chi connectivity index (χ0n) is 17.8. The van der Waals surface area contributed by atoms with Gasteiger partial charge in [-0.3, -0.25) is 5.43 Å². The van der Waals surface area contributed by atoms with Crippen LogP contribution in [0.1, 0.15) is 5.56 Å². The lowest BCUT2D eigenvalue weighted by Gasteiger charge is -2.15. The smallest absolute Gasteiger partial charge is 0.204 e. The molecule has 0 amide bonds. The van der Waals surface area contributed by atoms with Crippen molar-refractivity contribution < 1.29 is 18.9 Å². The number of hydrogen-bond donors (Lipinski definition) is 1. The summed E-state index contributed by atoms with van der Waals surface area (Å²) in [6.07, 6.45) is 1.68. The molecule has 0 aliphatic carbocycles. The lowest BCUT2D eigenvalue weighted by atomic mass is 10.2. The van der Waals surface area contributed by atoms with E-state index >= 15 is 0 Å². The van der Waals surface area contributed by atoms with Crippen LogP contribution >= 0.6 is 11.3 Å².